The van der Waals surface area contributed by atoms with Crippen LogP contribution in [0.2, 0.25) is 0 Å². The highest BCUT2D eigenvalue weighted by atomic mass is 32.1. The summed E-state index contributed by atoms with van der Waals surface area (Å²) in [5.41, 5.74) is 6.25. The topological polar surface area (TPSA) is 64.5 Å². The van der Waals surface area contributed by atoms with E-state index < -0.39 is 0 Å². The smallest absolute Gasteiger partial charge is 0.189 e. The Kier molecular flexibility index (Phi) is 10.6. The van der Waals surface area contributed by atoms with E-state index in [0.717, 1.165) is 0 Å². The number of rotatable bonds is 7. The molecule has 0 aliphatic rings. The van der Waals surface area contributed by atoms with Gasteiger partial charge in [0.15, 0.2) is 10.2 Å². The molecule has 0 aromatic carbocycles. The normalized spacial score (nSPS) is 11.4. The van der Waals surface area contributed by atoms with Gasteiger partial charge in [0, 0.05) is 41.2 Å². The lowest BCUT2D eigenvalue weighted by atomic mass is 10.3. The molecule has 0 heterocycles. The summed E-state index contributed by atoms with van der Waals surface area (Å²) in [5.74, 6) is 0. The summed E-state index contributed by atoms with van der Waals surface area (Å²) in [6, 6.07) is 0. The number of hydrogen-bond donors (Lipinski definition) is 2. The summed E-state index contributed by atoms with van der Waals surface area (Å²) in [6.45, 7) is 3.17. The fraction of sp³-hybridized carbons (Fsp3) is 0.667. The third kappa shape index (κ3) is 10.1. The number of hydrogen-bond acceptors (Lipinski definition) is 5. The van der Waals surface area contributed by atoms with Crippen LogP contribution in [-0.4, -0.2) is 73.4 Å². The lowest BCUT2D eigenvalue weighted by Gasteiger charge is -2.13. The molecule has 9 heteroatoms. The van der Waals surface area contributed by atoms with Crippen LogP contribution in [0.15, 0.2) is 10.2 Å². The van der Waals surface area contributed by atoms with E-state index in [1.165, 1.54) is 0 Å². The highest BCUT2D eigenvalue weighted by molar-refractivity contribution is 7.80. The maximum absolute atomic E-state index is 5.32. The number of thiocarbonyl (C=S) groups is 2. The largest absolute Gasteiger partial charge is 0.381 e. The van der Waals surface area contributed by atoms with Crippen LogP contribution >= 0.6 is 24.4 Å². The zero-order valence-corrected chi connectivity index (χ0v) is 14.8. The molecule has 0 radical (unpaired) electrons. The van der Waals surface area contributed by atoms with Crippen molar-refractivity contribution in [2.24, 2.45) is 10.2 Å². The van der Waals surface area contributed by atoms with E-state index in [2.05, 4.69) is 21.1 Å². The minimum Gasteiger partial charge on any atom is -0.381 e. The Balaban J connectivity index is 4.57. The van der Waals surface area contributed by atoms with Crippen molar-refractivity contribution in [3.8, 4) is 0 Å². The molecule has 0 saturated heterocycles. The van der Waals surface area contributed by atoms with Crippen molar-refractivity contribution >= 4 is 46.6 Å². The third-order valence-corrected chi connectivity index (χ3v) is 3.10. The summed E-state index contributed by atoms with van der Waals surface area (Å²) in [4.78, 5) is 3.51. The standard InChI is InChI=1S/C12H24N6OS2/c1-6-19-8-7-10(14-16-12(21)18(4)5)9-13-15-11(20)17(2)3/h9H,6-8H2,1-5H3,(H,15,20)(H,16,21)/b13-9-,14-10-. The van der Waals surface area contributed by atoms with Gasteiger partial charge in [-0.2, -0.15) is 10.2 Å². The summed E-state index contributed by atoms with van der Waals surface area (Å²) in [5, 5.41) is 9.31. The molecule has 0 aromatic rings. The summed E-state index contributed by atoms with van der Waals surface area (Å²) in [7, 11) is 7.36. The minimum atomic E-state index is 0.521. The van der Waals surface area contributed by atoms with E-state index in [0.29, 0.717) is 35.6 Å². The van der Waals surface area contributed by atoms with E-state index in [1.54, 1.807) is 16.0 Å². The van der Waals surface area contributed by atoms with Crippen molar-refractivity contribution < 1.29 is 4.74 Å². The van der Waals surface area contributed by atoms with Crippen molar-refractivity contribution in [3.05, 3.63) is 0 Å². The van der Waals surface area contributed by atoms with Crippen molar-refractivity contribution in [3.63, 3.8) is 0 Å². The minimum absolute atomic E-state index is 0.521. The molecular weight excluding hydrogens is 308 g/mol. The quantitative estimate of drug-likeness (QED) is 0.307. The van der Waals surface area contributed by atoms with Crippen molar-refractivity contribution in [1.82, 2.24) is 20.7 Å². The Hall–Kier alpha value is -1.32. The van der Waals surface area contributed by atoms with Gasteiger partial charge in [-0.1, -0.05) is 0 Å². The van der Waals surface area contributed by atoms with Crippen LogP contribution in [0, 0.1) is 0 Å². The van der Waals surface area contributed by atoms with Crippen LogP contribution in [0.5, 0.6) is 0 Å². The van der Waals surface area contributed by atoms with Crippen LogP contribution in [-0.2, 0) is 4.74 Å². The second-order valence-corrected chi connectivity index (χ2v) is 5.20. The number of nitrogens with one attached hydrogen (secondary N) is 2. The first kappa shape index (κ1) is 19.7. The van der Waals surface area contributed by atoms with Gasteiger partial charge in [0.1, 0.15) is 0 Å². The van der Waals surface area contributed by atoms with E-state index in [-0.39, 0.29) is 0 Å². The van der Waals surface area contributed by atoms with Gasteiger partial charge >= 0.3 is 0 Å². The zero-order chi connectivity index (χ0) is 16.3. The summed E-state index contributed by atoms with van der Waals surface area (Å²) in [6.07, 6.45) is 2.22. The van der Waals surface area contributed by atoms with Crippen LogP contribution in [0.1, 0.15) is 13.3 Å². The van der Waals surface area contributed by atoms with Gasteiger partial charge in [-0.3, -0.25) is 10.9 Å². The first-order chi connectivity index (χ1) is 9.88. The van der Waals surface area contributed by atoms with E-state index in [4.69, 9.17) is 29.2 Å². The molecule has 7 nitrogen and oxygen atoms in total. The van der Waals surface area contributed by atoms with E-state index in [1.807, 2.05) is 35.1 Å². The van der Waals surface area contributed by atoms with Crippen molar-refractivity contribution in [2.45, 2.75) is 13.3 Å². The molecule has 0 aromatic heterocycles. The molecule has 0 unspecified atom stereocenters. The SMILES string of the molecule is CCOCCC(/C=N\NC(=S)N(C)C)=N/NC(=S)N(C)C. The molecule has 0 fully saturated rings. The predicted molar refractivity (Wildman–Crippen MR) is 95.9 cm³/mol. The van der Waals surface area contributed by atoms with Crippen molar-refractivity contribution in [2.75, 3.05) is 41.4 Å². The molecule has 0 atom stereocenters. The maximum atomic E-state index is 5.32. The van der Waals surface area contributed by atoms with E-state index in [9.17, 15) is 0 Å². The maximum Gasteiger partial charge on any atom is 0.189 e. The molecule has 0 bridgehead atoms. The summed E-state index contributed by atoms with van der Waals surface area (Å²) < 4.78 is 5.32. The Morgan fingerprint density at radius 2 is 1.67 bits per heavy atom. The number of hydrazone groups is 2. The molecule has 0 aliphatic carbocycles. The van der Waals surface area contributed by atoms with Gasteiger partial charge in [-0.15, -0.1) is 0 Å². The number of ether oxygens (including phenoxy) is 1. The van der Waals surface area contributed by atoms with Crippen molar-refractivity contribution in [1.29, 1.82) is 0 Å². The van der Waals surface area contributed by atoms with Gasteiger partial charge < -0.3 is 14.5 Å². The molecule has 21 heavy (non-hydrogen) atoms. The average molecular weight is 332 g/mol. The highest BCUT2D eigenvalue weighted by Crippen LogP contribution is 1.88. The molecular formula is C12H24N6OS2. The molecule has 0 spiro atoms. The second kappa shape index (κ2) is 11.4. The second-order valence-electron chi connectivity index (χ2n) is 4.43. The molecule has 0 saturated carbocycles. The highest BCUT2D eigenvalue weighted by Gasteiger charge is 2.00. The van der Waals surface area contributed by atoms with E-state index >= 15 is 0 Å². The van der Waals surface area contributed by atoms with Gasteiger partial charge in [0.2, 0.25) is 0 Å². The summed E-state index contributed by atoms with van der Waals surface area (Å²) >= 11 is 10.2. The monoisotopic (exact) mass is 332 g/mol. The number of nitrogens with zero attached hydrogens (tertiary/aromatic N) is 4. The first-order valence-corrected chi connectivity index (χ1v) is 7.32. The molecule has 0 aliphatic heterocycles. The molecule has 0 amide bonds. The fourth-order valence-corrected chi connectivity index (χ4v) is 1.05. The lowest BCUT2D eigenvalue weighted by Crippen LogP contribution is -2.32. The lowest BCUT2D eigenvalue weighted by molar-refractivity contribution is 0.155. The molecule has 2 N–H and O–H groups in total. The first-order valence-electron chi connectivity index (χ1n) is 6.50. The van der Waals surface area contributed by atoms with Gasteiger partial charge in [-0.05, 0) is 31.4 Å². The van der Waals surface area contributed by atoms with Gasteiger partial charge in [0.25, 0.3) is 0 Å². The fourth-order valence-electron chi connectivity index (χ4n) is 0.952. The Bertz CT molecular complexity index is 395. The third-order valence-electron chi connectivity index (χ3n) is 2.19. The average Bonchev–Trinajstić information content (AvgIpc) is 2.43. The Morgan fingerprint density at radius 1 is 1.10 bits per heavy atom. The van der Waals surface area contributed by atoms with Crippen LogP contribution in [0.4, 0.5) is 0 Å². The predicted octanol–water partition coefficient (Wildman–Crippen LogP) is 0.627. The van der Waals surface area contributed by atoms with Gasteiger partial charge in [-0.25, -0.2) is 0 Å². The van der Waals surface area contributed by atoms with Crippen LogP contribution in [0.3, 0.4) is 0 Å². The molecule has 120 valence electrons. The Labute approximate surface area is 137 Å². The van der Waals surface area contributed by atoms with Crippen LogP contribution in [0.25, 0.3) is 0 Å². The molecule has 0 rings (SSSR count). The zero-order valence-electron chi connectivity index (χ0n) is 13.2. The Morgan fingerprint density at radius 3 is 2.19 bits per heavy atom. The van der Waals surface area contributed by atoms with Gasteiger partial charge in [0.05, 0.1) is 18.5 Å². The van der Waals surface area contributed by atoms with Crippen LogP contribution < -0.4 is 10.9 Å².